The lowest BCUT2D eigenvalue weighted by atomic mass is 9.72. The first-order chi connectivity index (χ1) is 11.0. The topological polar surface area (TPSA) is 66.5 Å². The Bertz CT molecular complexity index is 668. The summed E-state index contributed by atoms with van der Waals surface area (Å²) in [5.41, 5.74) is 0.846. The number of nitrogens with zero attached hydrogens (tertiary/aromatic N) is 1. The standard InChI is InChI=1S/C17H24N2O3S/c1-2-19(15-9-12-23(21,22)13-15)16(20)18-17(10-6-11-17)14-7-4-3-5-8-14/h3-5,7-8,15H,2,6,9-13H2,1H3,(H,18,20). The minimum atomic E-state index is -2.99. The molecule has 2 aliphatic rings. The molecule has 2 amide bonds. The minimum Gasteiger partial charge on any atom is -0.328 e. The summed E-state index contributed by atoms with van der Waals surface area (Å²) < 4.78 is 23.4. The van der Waals surface area contributed by atoms with Crippen molar-refractivity contribution in [3.63, 3.8) is 0 Å². The number of urea groups is 1. The van der Waals surface area contributed by atoms with E-state index in [2.05, 4.69) is 17.4 Å². The van der Waals surface area contributed by atoms with Crippen molar-refractivity contribution in [1.82, 2.24) is 10.2 Å². The highest BCUT2D eigenvalue weighted by atomic mass is 32.2. The maximum absolute atomic E-state index is 12.8. The van der Waals surface area contributed by atoms with E-state index in [-0.39, 0.29) is 29.1 Å². The van der Waals surface area contributed by atoms with Crippen LogP contribution in [0.15, 0.2) is 30.3 Å². The first-order valence-electron chi connectivity index (χ1n) is 8.30. The lowest BCUT2D eigenvalue weighted by molar-refractivity contribution is 0.141. The van der Waals surface area contributed by atoms with Crippen LogP contribution < -0.4 is 5.32 Å². The highest BCUT2D eigenvalue weighted by Crippen LogP contribution is 2.41. The summed E-state index contributed by atoms with van der Waals surface area (Å²) in [5, 5.41) is 3.19. The molecule has 1 saturated heterocycles. The Labute approximate surface area is 138 Å². The molecule has 1 unspecified atom stereocenters. The summed E-state index contributed by atoms with van der Waals surface area (Å²) in [6, 6.07) is 9.71. The van der Waals surface area contributed by atoms with Gasteiger partial charge in [0.15, 0.2) is 9.84 Å². The third-order valence-electron chi connectivity index (χ3n) is 5.13. The van der Waals surface area contributed by atoms with Crippen LogP contribution in [0, 0.1) is 0 Å². The van der Waals surface area contributed by atoms with Crippen LogP contribution in [0.5, 0.6) is 0 Å². The van der Waals surface area contributed by atoms with Crippen LogP contribution in [0.4, 0.5) is 4.79 Å². The molecular weight excluding hydrogens is 312 g/mol. The van der Waals surface area contributed by atoms with E-state index in [4.69, 9.17) is 0 Å². The molecular formula is C17H24N2O3S. The van der Waals surface area contributed by atoms with E-state index in [9.17, 15) is 13.2 Å². The normalized spacial score (nSPS) is 24.7. The third-order valence-corrected chi connectivity index (χ3v) is 6.88. The van der Waals surface area contributed by atoms with Crippen LogP contribution in [0.1, 0.15) is 38.2 Å². The Balaban J connectivity index is 1.74. The van der Waals surface area contributed by atoms with E-state index in [1.54, 1.807) is 4.90 Å². The lowest BCUT2D eigenvalue weighted by Crippen LogP contribution is -2.56. The zero-order chi connectivity index (χ0) is 16.5. The van der Waals surface area contributed by atoms with Crippen molar-refractivity contribution in [2.24, 2.45) is 0 Å². The second-order valence-corrected chi connectivity index (χ2v) is 8.80. The molecule has 1 aliphatic carbocycles. The first-order valence-corrected chi connectivity index (χ1v) is 10.1. The van der Waals surface area contributed by atoms with Crippen molar-refractivity contribution in [1.29, 1.82) is 0 Å². The van der Waals surface area contributed by atoms with Crippen molar-refractivity contribution in [3.05, 3.63) is 35.9 Å². The van der Waals surface area contributed by atoms with Crippen molar-refractivity contribution in [2.45, 2.75) is 44.2 Å². The van der Waals surface area contributed by atoms with Gasteiger partial charge in [0.1, 0.15) is 0 Å². The Kier molecular flexibility index (Phi) is 4.36. The summed E-state index contributed by atoms with van der Waals surface area (Å²) in [7, 11) is -2.99. The van der Waals surface area contributed by atoms with Gasteiger partial charge in [0.2, 0.25) is 0 Å². The molecule has 1 saturated carbocycles. The Morgan fingerprint density at radius 1 is 1.30 bits per heavy atom. The van der Waals surface area contributed by atoms with Gasteiger partial charge in [0.05, 0.1) is 17.0 Å². The summed E-state index contributed by atoms with van der Waals surface area (Å²) in [6.07, 6.45) is 3.51. The molecule has 1 aliphatic heterocycles. The fourth-order valence-corrected chi connectivity index (χ4v) is 5.37. The van der Waals surface area contributed by atoms with Gasteiger partial charge >= 0.3 is 6.03 Å². The molecule has 0 spiro atoms. The van der Waals surface area contributed by atoms with Crippen molar-refractivity contribution in [3.8, 4) is 0 Å². The van der Waals surface area contributed by atoms with E-state index in [0.29, 0.717) is 13.0 Å². The maximum atomic E-state index is 12.8. The van der Waals surface area contributed by atoms with E-state index in [1.807, 2.05) is 25.1 Å². The zero-order valence-electron chi connectivity index (χ0n) is 13.5. The van der Waals surface area contributed by atoms with Gasteiger partial charge in [0, 0.05) is 12.6 Å². The molecule has 126 valence electrons. The first kappa shape index (κ1) is 16.3. The molecule has 6 heteroatoms. The quantitative estimate of drug-likeness (QED) is 0.917. The summed E-state index contributed by atoms with van der Waals surface area (Å²) in [5.74, 6) is 0.276. The van der Waals surface area contributed by atoms with Gasteiger partial charge in [-0.1, -0.05) is 30.3 Å². The number of hydrogen-bond donors (Lipinski definition) is 1. The van der Waals surface area contributed by atoms with Crippen LogP contribution in [-0.2, 0) is 15.4 Å². The second kappa shape index (κ2) is 6.15. The Hall–Kier alpha value is -1.56. The molecule has 0 bridgehead atoms. The molecule has 1 N–H and O–H groups in total. The molecule has 0 aromatic heterocycles. The number of carbonyl (C=O) groups excluding carboxylic acids is 1. The molecule has 0 radical (unpaired) electrons. The smallest absolute Gasteiger partial charge is 0.318 e. The molecule has 1 heterocycles. The van der Waals surface area contributed by atoms with Crippen LogP contribution in [0.3, 0.4) is 0 Å². The van der Waals surface area contributed by atoms with Crippen LogP contribution in [-0.4, -0.2) is 43.4 Å². The predicted molar refractivity (Wildman–Crippen MR) is 89.9 cm³/mol. The van der Waals surface area contributed by atoms with Crippen LogP contribution in [0.25, 0.3) is 0 Å². The van der Waals surface area contributed by atoms with E-state index in [1.165, 1.54) is 0 Å². The van der Waals surface area contributed by atoms with Crippen LogP contribution >= 0.6 is 0 Å². The van der Waals surface area contributed by atoms with Gasteiger partial charge in [-0.2, -0.15) is 0 Å². The number of sulfone groups is 1. The van der Waals surface area contributed by atoms with Gasteiger partial charge < -0.3 is 10.2 Å². The van der Waals surface area contributed by atoms with E-state index < -0.39 is 9.84 Å². The molecule has 2 fully saturated rings. The minimum absolute atomic E-state index is 0.0899. The zero-order valence-corrected chi connectivity index (χ0v) is 14.3. The van der Waals surface area contributed by atoms with E-state index in [0.717, 1.165) is 24.8 Å². The maximum Gasteiger partial charge on any atom is 0.318 e. The number of hydrogen-bond acceptors (Lipinski definition) is 3. The number of rotatable bonds is 4. The fourth-order valence-electron chi connectivity index (χ4n) is 3.64. The molecule has 1 atom stereocenters. The number of benzene rings is 1. The van der Waals surface area contributed by atoms with Crippen LogP contribution in [0.2, 0.25) is 0 Å². The number of amides is 2. The van der Waals surface area contributed by atoms with Gasteiger partial charge in [-0.05, 0) is 38.2 Å². The third kappa shape index (κ3) is 3.22. The van der Waals surface area contributed by atoms with Gasteiger partial charge in [0.25, 0.3) is 0 Å². The summed E-state index contributed by atoms with van der Waals surface area (Å²) in [4.78, 5) is 14.5. The second-order valence-electron chi connectivity index (χ2n) is 6.57. The molecule has 1 aromatic carbocycles. The van der Waals surface area contributed by atoms with Crippen molar-refractivity contribution < 1.29 is 13.2 Å². The highest BCUT2D eigenvalue weighted by Gasteiger charge is 2.42. The molecule has 1 aromatic rings. The van der Waals surface area contributed by atoms with Gasteiger partial charge in [-0.25, -0.2) is 13.2 Å². The van der Waals surface area contributed by atoms with Gasteiger partial charge in [-0.15, -0.1) is 0 Å². The largest absolute Gasteiger partial charge is 0.328 e. The Morgan fingerprint density at radius 2 is 2.00 bits per heavy atom. The molecule has 23 heavy (non-hydrogen) atoms. The highest BCUT2D eigenvalue weighted by molar-refractivity contribution is 7.91. The lowest BCUT2D eigenvalue weighted by Gasteiger charge is -2.44. The molecule has 5 nitrogen and oxygen atoms in total. The SMILES string of the molecule is CCN(C(=O)NC1(c2ccccc2)CCC1)C1CCS(=O)(=O)C1. The van der Waals surface area contributed by atoms with E-state index >= 15 is 0 Å². The fraction of sp³-hybridized carbons (Fsp3) is 0.588. The number of carbonyl (C=O) groups is 1. The van der Waals surface area contributed by atoms with Crippen molar-refractivity contribution in [2.75, 3.05) is 18.1 Å². The monoisotopic (exact) mass is 336 g/mol. The predicted octanol–water partition coefficient (Wildman–Crippen LogP) is 2.28. The summed E-state index contributed by atoms with van der Waals surface area (Å²) >= 11 is 0. The number of nitrogens with one attached hydrogen (secondary N) is 1. The Morgan fingerprint density at radius 3 is 2.48 bits per heavy atom. The molecule has 3 rings (SSSR count). The summed E-state index contributed by atoms with van der Waals surface area (Å²) in [6.45, 7) is 2.43. The van der Waals surface area contributed by atoms with Crippen molar-refractivity contribution >= 4 is 15.9 Å². The average Bonchev–Trinajstić information content (AvgIpc) is 2.84. The van der Waals surface area contributed by atoms with Gasteiger partial charge in [-0.3, -0.25) is 0 Å². The average molecular weight is 336 g/mol.